The molecule has 1 N–H and O–H groups in total. The van der Waals surface area contributed by atoms with E-state index in [4.69, 9.17) is 21.1 Å². The highest BCUT2D eigenvalue weighted by Gasteiger charge is 2.25. The Hall–Kier alpha value is -2.58. The van der Waals surface area contributed by atoms with Gasteiger partial charge in [0.05, 0.1) is 35.7 Å². The van der Waals surface area contributed by atoms with E-state index < -0.39 is 0 Å². The lowest BCUT2D eigenvalue weighted by molar-refractivity contribution is 0.102. The molecule has 0 aromatic heterocycles. The third kappa shape index (κ3) is 5.37. The Balaban J connectivity index is 1.79. The highest BCUT2D eigenvalue weighted by Crippen LogP contribution is 2.35. The van der Waals surface area contributed by atoms with Crippen LogP contribution >= 0.6 is 23.4 Å². The first-order valence-electron chi connectivity index (χ1n) is 9.97. The van der Waals surface area contributed by atoms with Gasteiger partial charge in [0.1, 0.15) is 5.75 Å². The normalized spacial score (nSPS) is 13.7. The molecular weight excluding hydrogens is 438 g/mol. The minimum atomic E-state index is -0.310. The molecule has 0 radical (unpaired) electrons. The molecule has 9 heteroatoms. The van der Waals surface area contributed by atoms with E-state index in [1.807, 2.05) is 24.5 Å². The fourth-order valence-electron chi connectivity index (χ4n) is 3.44. The maximum absolute atomic E-state index is 13.0. The topological polar surface area (TPSA) is 71.1 Å². The number of piperazine rings is 1. The number of nitrogens with zero attached hydrogens (tertiary/aromatic N) is 2. The fourth-order valence-corrected chi connectivity index (χ4v) is 4.16. The number of rotatable bonds is 6. The Kier molecular flexibility index (Phi) is 7.92. The maximum atomic E-state index is 13.0. The van der Waals surface area contributed by atoms with E-state index in [1.165, 1.54) is 0 Å². The summed E-state index contributed by atoms with van der Waals surface area (Å²) in [6.07, 6.45) is 1.66. The number of nitrogens with one attached hydrogen (secondary N) is 1. The summed E-state index contributed by atoms with van der Waals surface area (Å²) in [6.45, 7) is 4.33. The van der Waals surface area contributed by atoms with Crippen LogP contribution < -0.4 is 15.0 Å². The number of carbonyl (C=O) groups is 2. The molecule has 0 unspecified atom stereocenters. The SMILES string of the molecule is CCOC(=O)N1CCN(c2c(Cl)cccc2NC(=O)c2ccc(SC)cc2OC)CC1. The lowest BCUT2D eigenvalue weighted by Gasteiger charge is -2.36. The van der Waals surface area contributed by atoms with Gasteiger partial charge < -0.3 is 24.6 Å². The summed E-state index contributed by atoms with van der Waals surface area (Å²) >= 11 is 8.09. The third-order valence-electron chi connectivity index (χ3n) is 5.01. The molecule has 1 aliphatic heterocycles. The monoisotopic (exact) mass is 463 g/mol. The van der Waals surface area contributed by atoms with Crippen LogP contribution in [0, 0.1) is 0 Å². The molecule has 7 nitrogen and oxygen atoms in total. The zero-order chi connectivity index (χ0) is 22.4. The van der Waals surface area contributed by atoms with Crippen molar-refractivity contribution in [2.75, 3.05) is 56.4 Å². The molecule has 3 rings (SSSR count). The number of amides is 2. The summed E-state index contributed by atoms with van der Waals surface area (Å²) in [7, 11) is 1.55. The Labute approximate surface area is 191 Å². The molecule has 1 fully saturated rings. The van der Waals surface area contributed by atoms with Crippen molar-refractivity contribution in [2.24, 2.45) is 0 Å². The van der Waals surface area contributed by atoms with Crippen LogP contribution in [0.5, 0.6) is 5.75 Å². The summed E-state index contributed by atoms with van der Waals surface area (Å²) in [5.41, 5.74) is 1.79. The summed E-state index contributed by atoms with van der Waals surface area (Å²) < 4.78 is 10.5. The third-order valence-corrected chi connectivity index (χ3v) is 6.04. The molecular formula is C22H26ClN3O4S. The number of carbonyl (C=O) groups excluding carboxylic acids is 2. The maximum Gasteiger partial charge on any atom is 0.409 e. The van der Waals surface area contributed by atoms with Gasteiger partial charge in [-0.05, 0) is 43.5 Å². The molecule has 166 valence electrons. The summed E-state index contributed by atoms with van der Waals surface area (Å²) in [6, 6.07) is 10.9. The van der Waals surface area contributed by atoms with Crippen molar-refractivity contribution < 1.29 is 19.1 Å². The van der Waals surface area contributed by atoms with Crippen molar-refractivity contribution in [1.29, 1.82) is 0 Å². The smallest absolute Gasteiger partial charge is 0.409 e. The van der Waals surface area contributed by atoms with Crippen LogP contribution in [0.4, 0.5) is 16.2 Å². The van der Waals surface area contributed by atoms with Gasteiger partial charge in [0.25, 0.3) is 5.91 Å². The number of methoxy groups -OCH3 is 1. The summed E-state index contributed by atoms with van der Waals surface area (Å²) in [5, 5.41) is 3.51. The first-order chi connectivity index (χ1) is 15.0. The average Bonchev–Trinajstić information content (AvgIpc) is 2.79. The van der Waals surface area contributed by atoms with Gasteiger partial charge in [0, 0.05) is 31.1 Å². The van der Waals surface area contributed by atoms with Crippen LogP contribution in [-0.2, 0) is 4.74 Å². The van der Waals surface area contributed by atoms with Crippen LogP contribution in [0.15, 0.2) is 41.3 Å². The number of anilines is 2. The predicted molar refractivity (Wildman–Crippen MR) is 125 cm³/mol. The molecule has 1 aliphatic rings. The van der Waals surface area contributed by atoms with Gasteiger partial charge >= 0.3 is 6.09 Å². The minimum Gasteiger partial charge on any atom is -0.496 e. The number of thioether (sulfide) groups is 1. The lowest BCUT2D eigenvalue weighted by atomic mass is 10.1. The van der Waals surface area contributed by atoms with Gasteiger partial charge in [-0.1, -0.05) is 17.7 Å². The van der Waals surface area contributed by atoms with Crippen molar-refractivity contribution in [1.82, 2.24) is 4.90 Å². The van der Waals surface area contributed by atoms with E-state index >= 15 is 0 Å². The van der Waals surface area contributed by atoms with E-state index in [9.17, 15) is 9.59 Å². The molecule has 0 bridgehead atoms. The molecule has 1 heterocycles. The van der Waals surface area contributed by atoms with Gasteiger partial charge in [0.15, 0.2) is 0 Å². The van der Waals surface area contributed by atoms with E-state index in [0.717, 1.165) is 10.6 Å². The van der Waals surface area contributed by atoms with Gasteiger partial charge in [-0.2, -0.15) is 0 Å². The van der Waals surface area contributed by atoms with Crippen molar-refractivity contribution >= 4 is 46.7 Å². The Morgan fingerprint density at radius 2 is 1.90 bits per heavy atom. The molecule has 0 atom stereocenters. The van der Waals surface area contributed by atoms with Gasteiger partial charge in [-0.3, -0.25) is 4.79 Å². The number of para-hydroxylation sites is 1. The lowest BCUT2D eigenvalue weighted by Crippen LogP contribution is -2.49. The molecule has 2 amide bonds. The number of hydrogen-bond donors (Lipinski definition) is 1. The molecule has 2 aromatic carbocycles. The first-order valence-corrected chi connectivity index (χ1v) is 11.6. The van der Waals surface area contributed by atoms with Gasteiger partial charge in [-0.25, -0.2) is 4.79 Å². The fraction of sp³-hybridized carbons (Fsp3) is 0.364. The van der Waals surface area contributed by atoms with Crippen LogP contribution in [0.3, 0.4) is 0 Å². The largest absolute Gasteiger partial charge is 0.496 e. The molecule has 0 spiro atoms. The second-order valence-corrected chi connectivity index (χ2v) is 8.12. The number of hydrogen-bond acceptors (Lipinski definition) is 6. The average molecular weight is 464 g/mol. The quantitative estimate of drug-likeness (QED) is 0.631. The number of ether oxygens (including phenoxy) is 2. The van der Waals surface area contributed by atoms with Crippen molar-refractivity contribution in [2.45, 2.75) is 11.8 Å². The molecule has 1 saturated heterocycles. The zero-order valence-corrected chi connectivity index (χ0v) is 19.4. The Morgan fingerprint density at radius 3 is 2.55 bits per heavy atom. The standard InChI is InChI=1S/C22H26ClN3O4S/c1-4-30-22(28)26-12-10-25(11-13-26)20-17(23)6-5-7-18(20)24-21(27)16-9-8-15(31-3)14-19(16)29-2/h5-9,14H,4,10-13H2,1-3H3,(H,24,27). The molecule has 2 aromatic rings. The highest BCUT2D eigenvalue weighted by molar-refractivity contribution is 7.98. The number of halogens is 1. The van der Waals surface area contributed by atoms with Crippen LogP contribution in [-0.4, -0.2) is 63.1 Å². The van der Waals surface area contributed by atoms with Crippen LogP contribution in [0.1, 0.15) is 17.3 Å². The second kappa shape index (κ2) is 10.6. The predicted octanol–water partition coefficient (Wildman–Crippen LogP) is 4.60. The summed E-state index contributed by atoms with van der Waals surface area (Å²) in [5.74, 6) is 0.231. The van der Waals surface area contributed by atoms with Crippen molar-refractivity contribution in [3.63, 3.8) is 0 Å². The zero-order valence-electron chi connectivity index (χ0n) is 17.8. The molecule has 31 heavy (non-hydrogen) atoms. The van der Waals surface area contributed by atoms with E-state index in [-0.39, 0.29) is 12.0 Å². The molecule has 0 saturated carbocycles. The minimum absolute atomic E-state index is 0.279. The number of benzene rings is 2. The van der Waals surface area contributed by atoms with E-state index in [1.54, 1.807) is 48.9 Å². The van der Waals surface area contributed by atoms with Crippen LogP contribution in [0.2, 0.25) is 5.02 Å². The second-order valence-electron chi connectivity index (χ2n) is 6.83. The molecule has 0 aliphatic carbocycles. The van der Waals surface area contributed by atoms with Gasteiger partial charge in [0.2, 0.25) is 0 Å². The highest BCUT2D eigenvalue weighted by atomic mass is 35.5. The Morgan fingerprint density at radius 1 is 1.16 bits per heavy atom. The first kappa shape index (κ1) is 23.1. The van der Waals surface area contributed by atoms with Crippen molar-refractivity contribution in [3.8, 4) is 5.75 Å². The summed E-state index contributed by atoms with van der Waals surface area (Å²) in [4.78, 5) is 29.8. The van der Waals surface area contributed by atoms with Crippen molar-refractivity contribution in [3.05, 3.63) is 47.0 Å². The Bertz CT molecular complexity index is 948. The van der Waals surface area contributed by atoms with E-state index in [2.05, 4.69) is 10.2 Å². The van der Waals surface area contributed by atoms with E-state index in [0.29, 0.717) is 54.8 Å². The van der Waals surface area contributed by atoms with Crippen LogP contribution in [0.25, 0.3) is 0 Å². The van der Waals surface area contributed by atoms with Gasteiger partial charge in [-0.15, -0.1) is 11.8 Å².